The molecule has 1 aliphatic heterocycles. The molecule has 1 saturated heterocycles. The minimum atomic E-state index is -0.370. The average molecular weight is 302 g/mol. The van der Waals surface area contributed by atoms with Crippen LogP contribution in [0.3, 0.4) is 0 Å². The molecule has 118 valence electrons. The summed E-state index contributed by atoms with van der Waals surface area (Å²) >= 11 is 0. The predicted octanol–water partition coefficient (Wildman–Crippen LogP) is 1.50. The van der Waals surface area contributed by atoms with Gasteiger partial charge in [-0.05, 0) is 26.1 Å². The van der Waals surface area contributed by atoms with Crippen molar-refractivity contribution in [3.05, 3.63) is 24.0 Å². The maximum Gasteiger partial charge on any atom is 0.374 e. The minimum absolute atomic E-state index is 0.355. The van der Waals surface area contributed by atoms with Crippen molar-refractivity contribution in [3.8, 4) is 0 Å². The number of piperazine rings is 1. The fourth-order valence-electron chi connectivity index (χ4n) is 2.93. The smallest absolute Gasteiger partial charge is 0.374 e. The second-order valence-corrected chi connectivity index (χ2v) is 5.65. The van der Waals surface area contributed by atoms with E-state index in [1.807, 2.05) is 23.7 Å². The molecule has 2 aromatic rings. The predicted molar refractivity (Wildman–Crippen MR) is 86.4 cm³/mol. The number of carbonyl (C=O) groups is 1. The number of ether oxygens (including phenoxy) is 1. The summed E-state index contributed by atoms with van der Waals surface area (Å²) in [6.07, 6.45) is 0. The zero-order valence-electron chi connectivity index (χ0n) is 13.4. The van der Waals surface area contributed by atoms with Gasteiger partial charge in [-0.3, -0.25) is 0 Å². The number of rotatable bonds is 3. The third-order valence-corrected chi connectivity index (χ3v) is 4.17. The van der Waals surface area contributed by atoms with Gasteiger partial charge in [0.2, 0.25) is 5.82 Å². The van der Waals surface area contributed by atoms with E-state index in [4.69, 9.17) is 4.74 Å². The first-order valence-electron chi connectivity index (χ1n) is 7.68. The molecule has 0 amide bonds. The highest BCUT2D eigenvalue weighted by Crippen LogP contribution is 2.28. The number of nitrogens with zero attached hydrogens (tertiary/aromatic N) is 4. The van der Waals surface area contributed by atoms with Gasteiger partial charge in [-0.15, -0.1) is 0 Å². The molecular weight excluding hydrogens is 280 g/mol. The second-order valence-electron chi connectivity index (χ2n) is 5.65. The lowest BCUT2D eigenvalue weighted by Crippen LogP contribution is -2.44. The first-order chi connectivity index (χ1) is 10.6. The number of fused-ring (bicyclic) bond motifs is 1. The maximum absolute atomic E-state index is 12.0. The molecular formula is C16H22N4O2. The molecule has 0 unspecified atom stereocenters. The van der Waals surface area contributed by atoms with Crippen LogP contribution in [0.4, 0.5) is 5.69 Å². The molecule has 0 saturated carbocycles. The third-order valence-electron chi connectivity index (χ3n) is 4.17. The van der Waals surface area contributed by atoms with Gasteiger partial charge in [-0.2, -0.15) is 0 Å². The zero-order chi connectivity index (χ0) is 15.7. The van der Waals surface area contributed by atoms with Crippen LogP contribution in [0, 0.1) is 0 Å². The van der Waals surface area contributed by atoms with Crippen molar-refractivity contribution in [3.63, 3.8) is 0 Å². The zero-order valence-corrected chi connectivity index (χ0v) is 13.4. The Hall–Kier alpha value is -2.08. The highest BCUT2D eigenvalue weighted by atomic mass is 16.5. The van der Waals surface area contributed by atoms with Gasteiger partial charge in [0.05, 0.1) is 23.3 Å². The average Bonchev–Trinajstić information content (AvgIpc) is 2.86. The summed E-state index contributed by atoms with van der Waals surface area (Å²) in [6, 6.07) is 6.04. The molecule has 0 spiro atoms. The topological polar surface area (TPSA) is 50.6 Å². The number of imidazole rings is 1. The van der Waals surface area contributed by atoms with E-state index in [-0.39, 0.29) is 5.97 Å². The number of hydrogen-bond donors (Lipinski definition) is 0. The summed E-state index contributed by atoms with van der Waals surface area (Å²) in [5, 5.41) is 0. The molecule has 1 aromatic heterocycles. The normalized spacial score (nSPS) is 16.2. The fourth-order valence-corrected chi connectivity index (χ4v) is 2.93. The number of likely N-dealkylation sites (N-methyl/N-ethyl adjacent to an activating group) is 1. The van der Waals surface area contributed by atoms with Gasteiger partial charge in [0, 0.05) is 33.2 Å². The Morgan fingerprint density at radius 1 is 1.23 bits per heavy atom. The van der Waals surface area contributed by atoms with E-state index in [1.165, 1.54) is 0 Å². The number of benzene rings is 1. The maximum atomic E-state index is 12.0. The number of esters is 1. The first kappa shape index (κ1) is 14.8. The van der Waals surface area contributed by atoms with E-state index in [0.29, 0.717) is 12.4 Å². The van der Waals surface area contributed by atoms with Crippen LogP contribution in [0.5, 0.6) is 0 Å². The Morgan fingerprint density at radius 2 is 1.95 bits per heavy atom. The Balaban J connectivity index is 2.03. The third kappa shape index (κ3) is 2.54. The van der Waals surface area contributed by atoms with Crippen LogP contribution in [-0.2, 0) is 11.8 Å². The summed E-state index contributed by atoms with van der Waals surface area (Å²) in [6.45, 7) is 6.20. The molecule has 22 heavy (non-hydrogen) atoms. The van der Waals surface area contributed by atoms with E-state index in [1.54, 1.807) is 6.92 Å². The number of para-hydroxylation sites is 1. The van der Waals surface area contributed by atoms with Crippen LogP contribution in [0.2, 0.25) is 0 Å². The Kier molecular flexibility index (Phi) is 4.02. The molecule has 1 aliphatic rings. The SMILES string of the molecule is CCOC(=O)c1nc2cccc(N3CCN(C)CC3)c2n1C. The molecule has 0 N–H and O–H groups in total. The van der Waals surface area contributed by atoms with Crippen LogP contribution in [0.25, 0.3) is 11.0 Å². The van der Waals surface area contributed by atoms with Crippen molar-refractivity contribution in [2.24, 2.45) is 7.05 Å². The van der Waals surface area contributed by atoms with Crippen LogP contribution in [0.15, 0.2) is 18.2 Å². The van der Waals surface area contributed by atoms with E-state index in [9.17, 15) is 4.79 Å². The van der Waals surface area contributed by atoms with Crippen molar-refractivity contribution >= 4 is 22.7 Å². The fraction of sp³-hybridized carbons (Fsp3) is 0.500. The second kappa shape index (κ2) is 5.96. The van der Waals surface area contributed by atoms with Crippen LogP contribution in [0.1, 0.15) is 17.5 Å². The van der Waals surface area contributed by atoms with Gasteiger partial charge < -0.3 is 19.1 Å². The lowest BCUT2D eigenvalue weighted by atomic mass is 10.2. The molecule has 6 heteroatoms. The standard InChI is InChI=1S/C16H22N4O2/c1-4-22-16(21)15-17-12-6-5-7-13(14(12)19(15)3)20-10-8-18(2)9-11-20/h5-7H,4,8-11H2,1-3H3. The van der Waals surface area contributed by atoms with Gasteiger partial charge in [0.25, 0.3) is 0 Å². The summed E-state index contributed by atoms with van der Waals surface area (Å²) in [5.41, 5.74) is 2.97. The monoisotopic (exact) mass is 302 g/mol. The van der Waals surface area contributed by atoms with Crippen molar-refractivity contribution < 1.29 is 9.53 Å². The van der Waals surface area contributed by atoms with E-state index >= 15 is 0 Å². The van der Waals surface area contributed by atoms with Crippen molar-refractivity contribution in [2.45, 2.75) is 6.92 Å². The summed E-state index contributed by atoms with van der Waals surface area (Å²) < 4.78 is 6.94. The van der Waals surface area contributed by atoms with Gasteiger partial charge in [0.1, 0.15) is 0 Å². The van der Waals surface area contributed by atoms with Crippen LogP contribution < -0.4 is 4.90 Å². The number of aromatic nitrogens is 2. The molecule has 0 bridgehead atoms. The van der Waals surface area contributed by atoms with Crippen LogP contribution >= 0.6 is 0 Å². The summed E-state index contributed by atoms with van der Waals surface area (Å²) in [5.74, 6) is -0.0102. The van der Waals surface area contributed by atoms with Gasteiger partial charge >= 0.3 is 5.97 Å². The van der Waals surface area contributed by atoms with Gasteiger partial charge in [0.15, 0.2) is 0 Å². The first-order valence-corrected chi connectivity index (χ1v) is 7.68. The van der Waals surface area contributed by atoms with Gasteiger partial charge in [-0.25, -0.2) is 9.78 Å². The van der Waals surface area contributed by atoms with Crippen molar-refractivity contribution in [1.82, 2.24) is 14.5 Å². The molecule has 1 aromatic carbocycles. The minimum Gasteiger partial charge on any atom is -0.460 e. The quantitative estimate of drug-likeness (QED) is 0.804. The Bertz CT molecular complexity index is 687. The molecule has 6 nitrogen and oxygen atoms in total. The number of aryl methyl sites for hydroxylation is 1. The Labute approximate surface area is 130 Å². The van der Waals surface area contributed by atoms with E-state index in [2.05, 4.69) is 27.9 Å². The lowest BCUT2D eigenvalue weighted by Gasteiger charge is -2.34. The highest BCUT2D eigenvalue weighted by Gasteiger charge is 2.22. The number of carbonyl (C=O) groups excluding carboxylic acids is 1. The molecule has 0 aliphatic carbocycles. The molecule has 3 rings (SSSR count). The molecule has 0 atom stereocenters. The van der Waals surface area contributed by atoms with Crippen molar-refractivity contribution in [1.29, 1.82) is 0 Å². The van der Waals surface area contributed by atoms with E-state index < -0.39 is 0 Å². The summed E-state index contributed by atoms with van der Waals surface area (Å²) in [7, 11) is 4.02. The molecule has 2 heterocycles. The Morgan fingerprint density at radius 3 is 2.64 bits per heavy atom. The van der Waals surface area contributed by atoms with Crippen molar-refractivity contribution in [2.75, 3.05) is 44.7 Å². The lowest BCUT2D eigenvalue weighted by molar-refractivity contribution is 0.0508. The van der Waals surface area contributed by atoms with Crippen LogP contribution in [-0.4, -0.2) is 60.3 Å². The highest BCUT2D eigenvalue weighted by molar-refractivity contribution is 5.96. The molecule has 0 radical (unpaired) electrons. The van der Waals surface area contributed by atoms with Gasteiger partial charge in [-0.1, -0.05) is 6.07 Å². The summed E-state index contributed by atoms with van der Waals surface area (Å²) in [4.78, 5) is 21.2. The largest absolute Gasteiger partial charge is 0.460 e. The molecule has 1 fully saturated rings. The van der Waals surface area contributed by atoms with E-state index in [0.717, 1.165) is 42.9 Å². The number of anilines is 1. The number of hydrogen-bond acceptors (Lipinski definition) is 5.